The molecule has 0 fully saturated rings. The molecule has 3 aromatic rings. The molecule has 0 saturated carbocycles. The molecule has 0 saturated heterocycles. The van der Waals surface area contributed by atoms with E-state index >= 15 is 0 Å². The molecule has 0 radical (unpaired) electrons. The summed E-state index contributed by atoms with van der Waals surface area (Å²) in [6, 6.07) is 15.1. The van der Waals surface area contributed by atoms with Crippen molar-refractivity contribution in [3.63, 3.8) is 0 Å². The molecule has 0 aliphatic carbocycles. The van der Waals surface area contributed by atoms with Gasteiger partial charge in [-0.25, -0.2) is 0 Å². The molecule has 174 valence electrons. The lowest BCUT2D eigenvalue weighted by Crippen LogP contribution is -2.49. The maximum Gasteiger partial charge on any atom is 0.255 e. The summed E-state index contributed by atoms with van der Waals surface area (Å²) in [5.74, 6) is -0.180. The van der Waals surface area contributed by atoms with E-state index in [1.165, 1.54) is 19.3 Å². The zero-order valence-electron chi connectivity index (χ0n) is 20.2. The highest BCUT2D eigenvalue weighted by Crippen LogP contribution is 2.43. The smallest absolute Gasteiger partial charge is 0.255 e. The Morgan fingerprint density at radius 1 is 1.06 bits per heavy atom. The Morgan fingerprint density at radius 3 is 2.58 bits per heavy atom. The van der Waals surface area contributed by atoms with Crippen molar-refractivity contribution >= 4 is 22.7 Å². The van der Waals surface area contributed by atoms with E-state index in [1.807, 2.05) is 50.2 Å². The van der Waals surface area contributed by atoms with Crippen LogP contribution in [0.15, 0.2) is 48.5 Å². The van der Waals surface area contributed by atoms with Gasteiger partial charge >= 0.3 is 0 Å². The molecular formula is C28H35N3O2. The second kappa shape index (κ2) is 9.82. The van der Waals surface area contributed by atoms with Crippen LogP contribution in [-0.4, -0.2) is 33.8 Å². The van der Waals surface area contributed by atoms with Crippen LogP contribution in [0.2, 0.25) is 0 Å². The lowest BCUT2D eigenvalue weighted by molar-refractivity contribution is -0.126. The average Bonchev–Trinajstić information content (AvgIpc) is 3.29. The number of benzene rings is 2. The maximum atomic E-state index is 13.6. The molecule has 2 amide bonds. The number of aromatic amines is 1. The van der Waals surface area contributed by atoms with Gasteiger partial charge in [-0.2, -0.15) is 0 Å². The summed E-state index contributed by atoms with van der Waals surface area (Å²) in [7, 11) is 0. The topological polar surface area (TPSA) is 65.2 Å². The Hall–Kier alpha value is -3.08. The predicted octanol–water partition coefficient (Wildman–Crippen LogP) is 5.89. The third kappa shape index (κ3) is 4.41. The fraction of sp³-hybridized carbons (Fsp3) is 0.429. The minimum atomic E-state index is -0.582. The zero-order valence-corrected chi connectivity index (χ0v) is 20.2. The number of hydrogen-bond donors (Lipinski definition) is 2. The SMILES string of the molecule is CCCCCCC(C)NC(=O)C(C)N1C(=O)c2ccccc2C1c1c(C)[nH]c2ccccc12. The highest BCUT2D eigenvalue weighted by Gasteiger charge is 2.43. The summed E-state index contributed by atoms with van der Waals surface area (Å²) >= 11 is 0. The van der Waals surface area contributed by atoms with Gasteiger partial charge in [0.05, 0.1) is 6.04 Å². The molecule has 33 heavy (non-hydrogen) atoms. The highest BCUT2D eigenvalue weighted by molar-refractivity contribution is 6.03. The first-order valence-electron chi connectivity index (χ1n) is 12.2. The van der Waals surface area contributed by atoms with Crippen molar-refractivity contribution in [2.75, 3.05) is 0 Å². The van der Waals surface area contributed by atoms with Crippen molar-refractivity contribution in [1.29, 1.82) is 0 Å². The Bertz CT molecular complexity index is 1150. The first-order valence-corrected chi connectivity index (χ1v) is 12.2. The number of nitrogens with zero attached hydrogens (tertiary/aromatic N) is 1. The number of aromatic nitrogens is 1. The molecule has 0 bridgehead atoms. The molecule has 4 rings (SSSR count). The van der Waals surface area contributed by atoms with Gasteiger partial charge in [0.15, 0.2) is 0 Å². The van der Waals surface area contributed by atoms with E-state index in [9.17, 15) is 9.59 Å². The number of para-hydroxylation sites is 1. The Kier molecular flexibility index (Phi) is 6.87. The second-order valence-corrected chi connectivity index (χ2v) is 9.35. The summed E-state index contributed by atoms with van der Waals surface area (Å²) in [6.45, 7) is 8.14. The summed E-state index contributed by atoms with van der Waals surface area (Å²) in [5.41, 5.74) is 4.77. The summed E-state index contributed by atoms with van der Waals surface area (Å²) in [4.78, 5) is 32.1. The van der Waals surface area contributed by atoms with Crippen LogP contribution in [0, 0.1) is 6.92 Å². The minimum absolute atomic E-state index is 0.0847. The first-order chi connectivity index (χ1) is 15.9. The third-order valence-corrected chi connectivity index (χ3v) is 6.89. The number of hydrogen-bond acceptors (Lipinski definition) is 2. The molecule has 2 N–H and O–H groups in total. The summed E-state index contributed by atoms with van der Waals surface area (Å²) in [5, 5.41) is 4.25. The number of aryl methyl sites for hydroxylation is 1. The normalized spacial score (nSPS) is 17.3. The Balaban J connectivity index is 1.64. The van der Waals surface area contributed by atoms with Gasteiger partial charge in [0.25, 0.3) is 5.91 Å². The fourth-order valence-electron chi connectivity index (χ4n) is 5.12. The van der Waals surface area contributed by atoms with Gasteiger partial charge in [-0.05, 0) is 44.9 Å². The van der Waals surface area contributed by atoms with Crippen molar-refractivity contribution in [3.05, 3.63) is 70.9 Å². The van der Waals surface area contributed by atoms with E-state index in [1.54, 1.807) is 4.90 Å². The molecular weight excluding hydrogens is 410 g/mol. The highest BCUT2D eigenvalue weighted by atomic mass is 16.2. The van der Waals surface area contributed by atoms with Crippen LogP contribution in [0.4, 0.5) is 0 Å². The van der Waals surface area contributed by atoms with Gasteiger partial charge in [0.2, 0.25) is 5.91 Å². The fourth-order valence-corrected chi connectivity index (χ4v) is 5.12. The van der Waals surface area contributed by atoms with Gasteiger partial charge in [0.1, 0.15) is 6.04 Å². The molecule has 5 heteroatoms. The van der Waals surface area contributed by atoms with E-state index in [0.29, 0.717) is 5.56 Å². The van der Waals surface area contributed by atoms with Crippen molar-refractivity contribution in [2.45, 2.75) is 77.9 Å². The lowest BCUT2D eigenvalue weighted by atomic mass is 9.95. The zero-order chi connectivity index (χ0) is 23.5. The Labute approximate surface area is 196 Å². The molecule has 5 nitrogen and oxygen atoms in total. The molecule has 0 spiro atoms. The number of carbonyl (C=O) groups is 2. The van der Waals surface area contributed by atoms with Crippen molar-refractivity contribution in [2.24, 2.45) is 0 Å². The largest absolute Gasteiger partial charge is 0.358 e. The number of amides is 2. The average molecular weight is 446 g/mol. The Morgan fingerprint density at radius 2 is 1.79 bits per heavy atom. The number of nitrogens with one attached hydrogen (secondary N) is 2. The van der Waals surface area contributed by atoms with Crippen molar-refractivity contribution < 1.29 is 9.59 Å². The molecule has 3 unspecified atom stereocenters. The van der Waals surface area contributed by atoms with Gasteiger partial charge in [-0.3, -0.25) is 9.59 Å². The maximum absolute atomic E-state index is 13.6. The first kappa shape index (κ1) is 23.1. The van der Waals surface area contributed by atoms with Gasteiger partial charge in [0, 0.05) is 33.8 Å². The van der Waals surface area contributed by atoms with E-state index < -0.39 is 6.04 Å². The molecule has 2 aromatic carbocycles. The van der Waals surface area contributed by atoms with E-state index in [0.717, 1.165) is 40.6 Å². The predicted molar refractivity (Wildman–Crippen MR) is 133 cm³/mol. The summed E-state index contributed by atoms with van der Waals surface area (Å²) in [6.07, 6.45) is 5.67. The standard InChI is InChI=1S/C28H35N3O2/c1-5-6-7-8-13-18(2)29-27(32)20(4)31-26(21-14-9-10-15-22(21)28(31)33)25-19(3)30-24-17-12-11-16-23(24)25/h9-12,14-18,20,26,30H,5-8,13H2,1-4H3,(H,29,32). The number of unbranched alkanes of at least 4 members (excludes halogenated alkanes) is 3. The van der Waals surface area contributed by atoms with Crippen molar-refractivity contribution in [1.82, 2.24) is 15.2 Å². The lowest BCUT2D eigenvalue weighted by Gasteiger charge is -2.32. The molecule has 1 aliphatic heterocycles. The molecule has 3 atom stereocenters. The second-order valence-electron chi connectivity index (χ2n) is 9.35. The van der Waals surface area contributed by atoms with Crippen LogP contribution in [0.25, 0.3) is 10.9 Å². The van der Waals surface area contributed by atoms with Gasteiger partial charge in [-0.1, -0.05) is 69.0 Å². The monoisotopic (exact) mass is 445 g/mol. The van der Waals surface area contributed by atoms with Crippen LogP contribution in [0.1, 0.15) is 86.1 Å². The molecule has 1 aliphatic rings. The third-order valence-electron chi connectivity index (χ3n) is 6.89. The van der Waals surface area contributed by atoms with Crippen LogP contribution < -0.4 is 5.32 Å². The quantitative estimate of drug-likeness (QED) is 0.404. The van der Waals surface area contributed by atoms with E-state index in [2.05, 4.69) is 36.3 Å². The number of rotatable bonds is 9. The van der Waals surface area contributed by atoms with Crippen molar-refractivity contribution in [3.8, 4) is 0 Å². The van der Waals surface area contributed by atoms with Crippen LogP contribution in [0.5, 0.6) is 0 Å². The van der Waals surface area contributed by atoms with E-state index in [-0.39, 0.29) is 23.9 Å². The molecule has 1 aromatic heterocycles. The summed E-state index contributed by atoms with van der Waals surface area (Å²) < 4.78 is 0. The van der Waals surface area contributed by atoms with E-state index in [4.69, 9.17) is 0 Å². The van der Waals surface area contributed by atoms with Crippen LogP contribution >= 0.6 is 0 Å². The minimum Gasteiger partial charge on any atom is -0.358 e. The van der Waals surface area contributed by atoms with Gasteiger partial charge in [-0.15, -0.1) is 0 Å². The van der Waals surface area contributed by atoms with Gasteiger partial charge < -0.3 is 15.2 Å². The number of fused-ring (bicyclic) bond motifs is 2. The number of carbonyl (C=O) groups excluding carboxylic acids is 2. The molecule has 2 heterocycles. The van der Waals surface area contributed by atoms with Crippen LogP contribution in [0.3, 0.4) is 0 Å². The van der Waals surface area contributed by atoms with Crippen LogP contribution in [-0.2, 0) is 4.79 Å². The number of H-pyrrole nitrogens is 1.